The summed E-state index contributed by atoms with van der Waals surface area (Å²) in [7, 11) is 1.93. The number of aryl methyl sites for hydroxylation is 1. The molecule has 0 atom stereocenters. The highest BCUT2D eigenvalue weighted by Gasteiger charge is 2.30. The number of anilines is 2. The van der Waals surface area contributed by atoms with Gasteiger partial charge in [-0.05, 0) is 44.6 Å². The first-order valence-corrected chi connectivity index (χ1v) is 19.1. The molecular weight excluding hydrogens is 725 g/mol. The molecule has 0 amide bonds. The predicted octanol–water partition coefficient (Wildman–Crippen LogP) is 4.77. The van der Waals surface area contributed by atoms with Gasteiger partial charge in [-0.2, -0.15) is 9.61 Å². The zero-order valence-corrected chi connectivity index (χ0v) is 30.7. The van der Waals surface area contributed by atoms with Crippen LogP contribution in [0.4, 0.5) is 28.9 Å². The van der Waals surface area contributed by atoms with Gasteiger partial charge in [0, 0.05) is 76.2 Å². The number of nitrogens with zero attached hydrogens (tertiary/aromatic N) is 10. The van der Waals surface area contributed by atoms with E-state index in [1.807, 2.05) is 16.5 Å². The molecule has 0 spiro atoms. The maximum absolute atomic E-state index is 16.2. The molecule has 3 fully saturated rings. The Kier molecular flexibility index (Phi) is 8.69. The molecule has 0 radical (unpaired) electrons. The number of benzene rings is 2. The minimum atomic E-state index is -0.919. The molecule has 2 aliphatic heterocycles. The number of alkyl halides is 1. The first kappa shape index (κ1) is 34.9. The Balaban J connectivity index is 1.14. The molecule has 0 unspecified atom stereocenters. The second kappa shape index (κ2) is 13.5. The summed E-state index contributed by atoms with van der Waals surface area (Å²) in [6.07, 6.45) is 4.87. The standard InChI is InChI=1S/C37H38F4N10O2S/c1-3-46-10-14-47(15-11-46)29-18-28-22(16-26(29)39)33(52)24(20-50(28)21-4-5-21)35-42-43-37-51(35)44-36(54-37)25-19-49(7-6-38)31-23(34(25)53)17-27(40)32(30(31)41)48-12-8-45(2)9-13-48/h16-21H,3-15H2,1-2H3. The van der Waals surface area contributed by atoms with Gasteiger partial charge >= 0.3 is 0 Å². The van der Waals surface area contributed by atoms with Crippen LogP contribution in [-0.2, 0) is 6.54 Å². The molecule has 2 aromatic carbocycles. The number of halogens is 4. The fraction of sp³-hybridized carbons (Fsp3) is 0.432. The minimum Gasteiger partial charge on any atom is -0.367 e. The third-order valence-corrected chi connectivity index (χ3v) is 12.0. The van der Waals surface area contributed by atoms with Gasteiger partial charge in [-0.15, -0.1) is 10.2 Å². The second-order valence-electron chi connectivity index (χ2n) is 14.3. The second-order valence-corrected chi connectivity index (χ2v) is 15.3. The number of aromatic nitrogens is 6. The van der Waals surface area contributed by atoms with E-state index in [0.29, 0.717) is 50.5 Å². The number of piperazine rings is 2. The highest BCUT2D eigenvalue weighted by atomic mass is 32.1. The summed E-state index contributed by atoms with van der Waals surface area (Å²) < 4.78 is 66.2. The topological polar surface area (TPSA) is 100 Å². The van der Waals surface area contributed by atoms with Crippen LogP contribution in [-0.4, -0.2) is 111 Å². The molecule has 4 aromatic heterocycles. The summed E-state index contributed by atoms with van der Waals surface area (Å²) in [5, 5.41) is 13.3. The van der Waals surface area contributed by atoms with E-state index in [1.165, 1.54) is 21.3 Å². The summed E-state index contributed by atoms with van der Waals surface area (Å²) in [5.41, 5.74) is -0.280. The fourth-order valence-electron chi connectivity index (χ4n) is 7.83. The van der Waals surface area contributed by atoms with E-state index in [9.17, 15) is 14.0 Å². The molecule has 17 heteroatoms. The zero-order chi connectivity index (χ0) is 37.4. The van der Waals surface area contributed by atoms with Crippen molar-refractivity contribution >= 4 is 49.5 Å². The third kappa shape index (κ3) is 5.74. The van der Waals surface area contributed by atoms with Crippen molar-refractivity contribution in [2.75, 3.05) is 82.4 Å². The van der Waals surface area contributed by atoms with Crippen LogP contribution >= 0.6 is 11.3 Å². The SMILES string of the molecule is CCN1CCN(c2cc3c(cc2F)c(=O)c(-c2nnc4sc(-c5cn(CCF)c6c(F)c(N7CCN(C)CC7)c(F)cc6c5=O)nn24)cn3C2CC2)CC1. The Morgan fingerprint density at radius 1 is 0.833 bits per heavy atom. The highest BCUT2D eigenvalue weighted by molar-refractivity contribution is 7.19. The van der Waals surface area contributed by atoms with Crippen LogP contribution in [0.5, 0.6) is 0 Å². The van der Waals surface area contributed by atoms with Gasteiger partial charge < -0.3 is 28.7 Å². The van der Waals surface area contributed by atoms with Gasteiger partial charge in [0.05, 0.1) is 39.8 Å². The van der Waals surface area contributed by atoms with Crippen molar-refractivity contribution in [3.8, 4) is 22.0 Å². The number of hydrogen-bond acceptors (Lipinski definition) is 10. The lowest BCUT2D eigenvalue weighted by atomic mass is 10.1. The summed E-state index contributed by atoms with van der Waals surface area (Å²) in [6.45, 7) is 6.93. The molecular formula is C37H38F4N10O2S. The Morgan fingerprint density at radius 3 is 2.24 bits per heavy atom. The minimum absolute atomic E-state index is 0.00757. The Labute approximate surface area is 310 Å². The molecule has 2 saturated heterocycles. The van der Waals surface area contributed by atoms with Gasteiger partial charge in [-0.1, -0.05) is 18.3 Å². The maximum Gasteiger partial charge on any atom is 0.235 e. The van der Waals surface area contributed by atoms with E-state index in [-0.39, 0.29) is 61.5 Å². The average molecular weight is 763 g/mol. The summed E-state index contributed by atoms with van der Waals surface area (Å²) in [5.74, 6) is -2.17. The van der Waals surface area contributed by atoms with E-state index in [1.54, 1.807) is 17.2 Å². The molecule has 9 rings (SSSR count). The van der Waals surface area contributed by atoms with E-state index < -0.39 is 35.0 Å². The van der Waals surface area contributed by atoms with Crippen LogP contribution in [0, 0.1) is 17.5 Å². The van der Waals surface area contributed by atoms with Gasteiger partial charge in [0.2, 0.25) is 10.4 Å². The van der Waals surface area contributed by atoms with Crippen molar-refractivity contribution in [2.24, 2.45) is 0 Å². The smallest absolute Gasteiger partial charge is 0.235 e. The normalized spacial score (nSPS) is 17.5. The van der Waals surface area contributed by atoms with Crippen LogP contribution in [0.1, 0.15) is 25.8 Å². The molecule has 12 nitrogen and oxygen atoms in total. The summed E-state index contributed by atoms with van der Waals surface area (Å²) in [4.78, 5) is 36.4. The van der Waals surface area contributed by atoms with E-state index in [0.717, 1.165) is 49.9 Å². The van der Waals surface area contributed by atoms with E-state index in [2.05, 4.69) is 32.0 Å². The fourth-order valence-corrected chi connectivity index (χ4v) is 8.68. The number of pyridine rings is 2. The number of likely N-dealkylation sites (N-methyl/N-ethyl adjacent to an activating group) is 2. The Bertz CT molecular complexity index is 2560. The Hall–Kier alpha value is -4.87. The molecule has 3 aliphatic rings. The largest absolute Gasteiger partial charge is 0.367 e. The molecule has 54 heavy (non-hydrogen) atoms. The summed E-state index contributed by atoms with van der Waals surface area (Å²) >= 11 is 0.997. The van der Waals surface area contributed by atoms with Crippen molar-refractivity contribution in [2.45, 2.75) is 32.4 Å². The number of fused-ring (bicyclic) bond motifs is 3. The van der Waals surface area contributed by atoms with Crippen molar-refractivity contribution in [1.82, 2.24) is 38.7 Å². The van der Waals surface area contributed by atoms with Crippen LogP contribution in [0.2, 0.25) is 0 Å². The maximum atomic E-state index is 16.2. The van der Waals surface area contributed by atoms with Crippen LogP contribution in [0.25, 0.3) is 48.7 Å². The van der Waals surface area contributed by atoms with Crippen LogP contribution in [0.3, 0.4) is 0 Å². The highest BCUT2D eigenvalue weighted by Crippen LogP contribution is 2.39. The molecule has 282 valence electrons. The van der Waals surface area contributed by atoms with Crippen molar-refractivity contribution in [3.63, 3.8) is 0 Å². The van der Waals surface area contributed by atoms with Gasteiger partial charge in [0.25, 0.3) is 0 Å². The molecule has 1 saturated carbocycles. The lowest BCUT2D eigenvalue weighted by molar-refractivity contribution is 0.270. The first-order chi connectivity index (χ1) is 26.1. The lowest BCUT2D eigenvalue weighted by Gasteiger charge is -2.35. The average Bonchev–Trinajstić information content (AvgIpc) is 3.81. The first-order valence-electron chi connectivity index (χ1n) is 18.3. The monoisotopic (exact) mass is 762 g/mol. The van der Waals surface area contributed by atoms with E-state index in [4.69, 9.17) is 0 Å². The van der Waals surface area contributed by atoms with Gasteiger partial charge in [-0.3, -0.25) is 9.59 Å². The predicted molar refractivity (Wildman–Crippen MR) is 201 cm³/mol. The lowest BCUT2D eigenvalue weighted by Crippen LogP contribution is -2.46. The van der Waals surface area contributed by atoms with Crippen molar-refractivity contribution in [1.29, 1.82) is 0 Å². The Morgan fingerprint density at radius 2 is 1.54 bits per heavy atom. The molecule has 0 bridgehead atoms. The van der Waals surface area contributed by atoms with Gasteiger partial charge in [-0.25, -0.2) is 17.6 Å². The van der Waals surface area contributed by atoms with Crippen LogP contribution in [0.15, 0.2) is 40.2 Å². The quantitative estimate of drug-likeness (QED) is 0.203. The number of rotatable bonds is 8. The third-order valence-electron chi connectivity index (χ3n) is 11.0. The zero-order valence-electron chi connectivity index (χ0n) is 29.9. The van der Waals surface area contributed by atoms with Crippen molar-refractivity contribution < 1.29 is 17.6 Å². The summed E-state index contributed by atoms with van der Waals surface area (Å²) in [6, 6.07) is 4.23. The molecule has 6 heterocycles. The molecule has 1 aliphatic carbocycles. The van der Waals surface area contributed by atoms with Crippen LogP contribution < -0.4 is 20.7 Å². The molecule has 6 aromatic rings. The number of hydrogen-bond donors (Lipinski definition) is 0. The van der Waals surface area contributed by atoms with Gasteiger partial charge in [0.1, 0.15) is 24.0 Å². The van der Waals surface area contributed by atoms with Gasteiger partial charge in [0.15, 0.2) is 22.1 Å². The van der Waals surface area contributed by atoms with Crippen molar-refractivity contribution in [3.05, 3.63) is 68.5 Å². The van der Waals surface area contributed by atoms with E-state index >= 15 is 13.2 Å². The molecule has 0 N–H and O–H groups in total.